The molecule has 0 spiro atoms. The van der Waals surface area contributed by atoms with E-state index in [9.17, 15) is 13.6 Å². The van der Waals surface area contributed by atoms with Crippen molar-refractivity contribution < 1.29 is 18.4 Å². The lowest BCUT2D eigenvalue weighted by Crippen LogP contribution is -2.26. The normalized spacial score (nSPS) is 10.5. The molecule has 2 amide bonds. The number of hydrogen-bond acceptors (Lipinski definition) is 4. The van der Waals surface area contributed by atoms with Crippen LogP contribution in [-0.2, 0) is 4.79 Å². The first kappa shape index (κ1) is 29.5. The van der Waals surface area contributed by atoms with E-state index in [-0.39, 0.29) is 0 Å². The van der Waals surface area contributed by atoms with Crippen LogP contribution in [0.5, 0.6) is 0 Å². The van der Waals surface area contributed by atoms with Gasteiger partial charge in [0.05, 0.1) is 5.70 Å². The van der Waals surface area contributed by atoms with E-state index >= 15 is 0 Å². The monoisotopic (exact) mass is 432 g/mol. The number of halogens is 2. The number of carbonyl (C=O) groups is 2. The van der Waals surface area contributed by atoms with Gasteiger partial charge in [-0.3, -0.25) is 9.59 Å². The first-order chi connectivity index (χ1) is 14.7. The van der Waals surface area contributed by atoms with E-state index in [1.54, 1.807) is 28.1 Å². The molecule has 1 aromatic carbocycles. The highest BCUT2D eigenvalue weighted by Crippen LogP contribution is 2.13. The third kappa shape index (κ3) is 14.0. The molecule has 0 atom stereocenters. The molecule has 0 aromatic heterocycles. The Kier molecular flexibility index (Phi) is 17.4. The second-order valence-electron chi connectivity index (χ2n) is 5.79. The number of amides is 2. The van der Waals surface area contributed by atoms with Crippen molar-refractivity contribution in [2.45, 2.75) is 20.3 Å². The number of carbonyl (C=O) groups excluding carboxylic acids is 2. The van der Waals surface area contributed by atoms with Gasteiger partial charge in [-0.15, -0.1) is 6.42 Å². The van der Waals surface area contributed by atoms with Gasteiger partial charge < -0.3 is 20.9 Å². The van der Waals surface area contributed by atoms with Gasteiger partial charge in [0, 0.05) is 40.0 Å². The van der Waals surface area contributed by atoms with Crippen molar-refractivity contribution in [2.75, 3.05) is 21.1 Å². The fourth-order valence-electron chi connectivity index (χ4n) is 1.70. The number of benzene rings is 1. The lowest BCUT2D eigenvalue weighted by Gasteiger charge is -2.10. The summed E-state index contributed by atoms with van der Waals surface area (Å²) in [6, 6.07) is 3.25. The van der Waals surface area contributed by atoms with E-state index in [4.69, 9.17) is 11.2 Å². The minimum Gasteiger partial charge on any atom is -0.392 e. The second kappa shape index (κ2) is 18.3. The highest BCUT2D eigenvalue weighted by atomic mass is 19.1. The van der Waals surface area contributed by atoms with Gasteiger partial charge in [0.2, 0.25) is 6.41 Å². The predicted molar refractivity (Wildman–Crippen MR) is 123 cm³/mol. The zero-order valence-electron chi connectivity index (χ0n) is 18.6. The van der Waals surface area contributed by atoms with Crippen LogP contribution in [0.15, 0.2) is 58.9 Å². The molecule has 31 heavy (non-hydrogen) atoms. The molecular weight excluding hydrogens is 402 g/mol. The molecule has 1 rings (SSSR count). The molecule has 1 aromatic rings. The van der Waals surface area contributed by atoms with Crippen LogP contribution in [0.3, 0.4) is 0 Å². The van der Waals surface area contributed by atoms with E-state index in [2.05, 4.69) is 33.4 Å². The van der Waals surface area contributed by atoms with Crippen molar-refractivity contribution in [3.8, 4) is 12.3 Å². The van der Waals surface area contributed by atoms with Crippen LogP contribution in [0.1, 0.15) is 30.6 Å². The quantitative estimate of drug-likeness (QED) is 0.267. The number of nitrogens with one attached hydrogen (secondary N) is 3. The van der Waals surface area contributed by atoms with Crippen LogP contribution < -0.4 is 16.0 Å². The van der Waals surface area contributed by atoms with Crippen LogP contribution in [0.2, 0.25) is 0 Å². The zero-order chi connectivity index (χ0) is 24.2. The summed E-state index contributed by atoms with van der Waals surface area (Å²) in [4.78, 5) is 24.6. The number of aliphatic imine (C=N–C) groups is 1. The second-order valence-corrected chi connectivity index (χ2v) is 5.79. The van der Waals surface area contributed by atoms with Crippen molar-refractivity contribution in [1.82, 2.24) is 16.0 Å². The SMILES string of the molecule is C#C/C(C)=C\CC=NC.C=C(C)/C(=C\NC)NC(=O)c1c(F)cccc1F.CNC=O. The van der Waals surface area contributed by atoms with Gasteiger partial charge in [-0.1, -0.05) is 24.6 Å². The molecule has 0 aliphatic heterocycles. The smallest absolute Gasteiger partial charge is 0.261 e. The van der Waals surface area contributed by atoms with Crippen molar-refractivity contribution >= 4 is 18.5 Å². The summed E-state index contributed by atoms with van der Waals surface area (Å²) < 4.78 is 26.8. The van der Waals surface area contributed by atoms with Crippen LogP contribution in [0.4, 0.5) is 8.78 Å². The Bertz CT molecular complexity index is 833. The third-order valence-electron chi connectivity index (χ3n) is 3.24. The summed E-state index contributed by atoms with van der Waals surface area (Å²) in [7, 11) is 4.95. The Morgan fingerprint density at radius 2 is 1.77 bits per heavy atom. The number of terminal acetylenes is 1. The topological polar surface area (TPSA) is 82.6 Å². The Balaban J connectivity index is 0. The van der Waals surface area contributed by atoms with E-state index in [1.807, 2.05) is 19.2 Å². The first-order valence-corrected chi connectivity index (χ1v) is 9.13. The van der Waals surface area contributed by atoms with E-state index in [0.717, 1.165) is 24.1 Å². The largest absolute Gasteiger partial charge is 0.392 e. The van der Waals surface area contributed by atoms with Gasteiger partial charge in [-0.25, -0.2) is 8.78 Å². The predicted octanol–water partition coefficient (Wildman–Crippen LogP) is 3.35. The molecule has 0 bridgehead atoms. The summed E-state index contributed by atoms with van der Waals surface area (Å²) in [6.45, 7) is 7.23. The van der Waals surface area contributed by atoms with Gasteiger partial charge in [0.15, 0.2) is 0 Å². The molecule has 0 heterocycles. The fraction of sp³-hybridized carbons (Fsp3) is 0.261. The number of allylic oxidation sites excluding steroid dienone is 3. The maximum atomic E-state index is 13.4. The van der Waals surface area contributed by atoms with Crippen molar-refractivity contribution in [2.24, 2.45) is 4.99 Å². The van der Waals surface area contributed by atoms with Gasteiger partial charge in [0.1, 0.15) is 17.2 Å². The number of hydrogen-bond donors (Lipinski definition) is 3. The molecule has 0 saturated carbocycles. The molecule has 8 heteroatoms. The van der Waals surface area contributed by atoms with Crippen molar-refractivity contribution in [3.05, 3.63) is 71.1 Å². The molecule has 0 fully saturated rings. The molecular formula is C23H30F2N4O2. The molecule has 0 aliphatic carbocycles. The summed E-state index contributed by atoms with van der Waals surface area (Å²) in [6.07, 6.45) is 11.8. The Labute approximate surface area is 183 Å². The molecule has 0 unspecified atom stereocenters. The molecule has 168 valence electrons. The van der Waals surface area contributed by atoms with Crippen LogP contribution in [0.25, 0.3) is 0 Å². The van der Waals surface area contributed by atoms with E-state index in [0.29, 0.717) is 17.7 Å². The summed E-state index contributed by atoms with van der Waals surface area (Å²) in [5.41, 5.74) is 1.29. The Morgan fingerprint density at radius 3 is 2.16 bits per heavy atom. The van der Waals surface area contributed by atoms with Gasteiger partial charge in [-0.2, -0.15) is 0 Å². The standard InChI is InChI=1S/C13H14F2N2O.C8H11N.C2H5NO/c1-8(2)11(7-16-3)17-13(18)12-9(14)5-4-6-10(12)15;1-4-8(2)6-5-7-9-3;1-3-2-4/h4-7,16H,1H2,2-3H3,(H,17,18);1,6-7H,5H2,2-3H3;2H,1H3,(H,3,4)/b11-7+;8-6-,9-7?;. The molecule has 6 nitrogen and oxygen atoms in total. The van der Waals surface area contributed by atoms with E-state index in [1.165, 1.54) is 12.3 Å². The lowest BCUT2D eigenvalue weighted by molar-refractivity contribution is -0.109. The van der Waals surface area contributed by atoms with Gasteiger partial charge in [-0.05, 0) is 37.1 Å². The maximum Gasteiger partial charge on any atom is 0.261 e. The molecule has 0 radical (unpaired) electrons. The van der Waals surface area contributed by atoms with E-state index < -0.39 is 23.1 Å². The van der Waals surface area contributed by atoms with Crippen LogP contribution in [-0.4, -0.2) is 39.7 Å². The highest BCUT2D eigenvalue weighted by Gasteiger charge is 2.17. The van der Waals surface area contributed by atoms with Crippen LogP contribution in [0, 0.1) is 24.0 Å². The molecule has 0 saturated heterocycles. The number of rotatable bonds is 7. The summed E-state index contributed by atoms with van der Waals surface area (Å²) in [5.74, 6) is -0.138. The fourth-order valence-corrected chi connectivity index (χ4v) is 1.70. The van der Waals surface area contributed by atoms with Gasteiger partial charge in [0.25, 0.3) is 5.91 Å². The average Bonchev–Trinajstić information content (AvgIpc) is 2.74. The number of nitrogens with zero attached hydrogens (tertiary/aromatic N) is 1. The third-order valence-corrected chi connectivity index (χ3v) is 3.24. The lowest BCUT2D eigenvalue weighted by atomic mass is 10.1. The zero-order valence-corrected chi connectivity index (χ0v) is 18.6. The minimum atomic E-state index is -0.905. The average molecular weight is 433 g/mol. The molecule has 0 aliphatic rings. The van der Waals surface area contributed by atoms with Crippen molar-refractivity contribution in [1.29, 1.82) is 0 Å². The Hall–Kier alpha value is -3.73. The highest BCUT2D eigenvalue weighted by molar-refractivity contribution is 5.96. The van der Waals surface area contributed by atoms with Crippen LogP contribution >= 0.6 is 0 Å². The first-order valence-electron chi connectivity index (χ1n) is 9.13. The summed E-state index contributed by atoms with van der Waals surface area (Å²) in [5, 5.41) is 7.36. The molecule has 3 N–H and O–H groups in total. The maximum absolute atomic E-state index is 13.4. The van der Waals surface area contributed by atoms with Crippen molar-refractivity contribution in [3.63, 3.8) is 0 Å². The van der Waals surface area contributed by atoms with Gasteiger partial charge >= 0.3 is 0 Å². The minimum absolute atomic E-state index is 0.366. The Morgan fingerprint density at radius 1 is 1.23 bits per heavy atom. The summed E-state index contributed by atoms with van der Waals surface area (Å²) >= 11 is 0.